The van der Waals surface area contributed by atoms with Crippen LogP contribution in [0.3, 0.4) is 0 Å². The Morgan fingerprint density at radius 2 is 2.06 bits per heavy atom. The van der Waals surface area contributed by atoms with E-state index in [1.54, 1.807) is 17.4 Å². The fourth-order valence-electron chi connectivity index (χ4n) is 3.69. The number of hydrogen-bond donors (Lipinski definition) is 0. The van der Waals surface area contributed by atoms with Gasteiger partial charge in [0.05, 0.1) is 17.6 Å². The zero-order chi connectivity index (χ0) is 23.8. The van der Waals surface area contributed by atoms with Crippen LogP contribution in [-0.2, 0) is 0 Å². The Hall–Kier alpha value is -2.77. The van der Waals surface area contributed by atoms with Gasteiger partial charge in [0.2, 0.25) is 0 Å². The van der Waals surface area contributed by atoms with Gasteiger partial charge in [0, 0.05) is 24.4 Å². The lowest BCUT2D eigenvalue weighted by molar-refractivity contribution is -0.135. The Labute approximate surface area is 192 Å². The lowest BCUT2D eigenvalue weighted by atomic mass is 9.75. The average molecular weight is 460 g/mol. The number of halogens is 3. The van der Waals surface area contributed by atoms with Crippen molar-refractivity contribution in [3.8, 4) is 6.07 Å². The zero-order valence-electron chi connectivity index (χ0n) is 18.7. The standard InChI is InChI=1S/C25H28F3N3S/c1-5-31(14-6-13-25(26,27)28)23-12-11-22(32-23)10-8-20-15-19(16-24(2,3)17-20)7-9-21(18-29)30-4/h7-12,15H,5-6,13-14,16-17H2,1-3H3/b10-8+,19-7-,21-9-. The monoisotopic (exact) mass is 459 g/mol. The largest absolute Gasteiger partial charge is 0.389 e. The van der Waals surface area contributed by atoms with Crippen molar-refractivity contribution in [2.24, 2.45) is 5.41 Å². The molecule has 0 spiro atoms. The summed E-state index contributed by atoms with van der Waals surface area (Å²) >= 11 is 1.57. The van der Waals surface area contributed by atoms with E-state index in [2.05, 4.69) is 30.8 Å². The van der Waals surface area contributed by atoms with E-state index in [1.165, 1.54) is 0 Å². The van der Waals surface area contributed by atoms with Crippen LogP contribution in [0.5, 0.6) is 0 Å². The summed E-state index contributed by atoms with van der Waals surface area (Å²) in [6.07, 6.45) is 6.61. The number of allylic oxidation sites excluding steroid dienone is 7. The molecule has 170 valence electrons. The van der Waals surface area contributed by atoms with Crippen LogP contribution in [0, 0.1) is 23.3 Å². The van der Waals surface area contributed by atoms with Crippen molar-refractivity contribution in [3.63, 3.8) is 0 Å². The third kappa shape index (κ3) is 8.40. The molecule has 0 radical (unpaired) electrons. The molecule has 0 aliphatic heterocycles. The molecule has 0 amide bonds. The van der Waals surface area contributed by atoms with E-state index in [0.717, 1.165) is 33.9 Å². The molecule has 0 unspecified atom stereocenters. The van der Waals surface area contributed by atoms with E-state index >= 15 is 0 Å². The van der Waals surface area contributed by atoms with Gasteiger partial charge in [-0.2, -0.15) is 13.2 Å². The smallest absolute Gasteiger partial charge is 0.364 e. The molecule has 0 saturated heterocycles. The number of rotatable bonds is 8. The highest BCUT2D eigenvalue weighted by Gasteiger charge is 2.26. The first kappa shape index (κ1) is 25.5. The van der Waals surface area contributed by atoms with Gasteiger partial charge in [-0.15, -0.1) is 11.3 Å². The van der Waals surface area contributed by atoms with Crippen LogP contribution in [0.4, 0.5) is 18.2 Å². The number of hydrogen-bond acceptors (Lipinski definition) is 3. The maximum atomic E-state index is 12.4. The summed E-state index contributed by atoms with van der Waals surface area (Å²) in [4.78, 5) is 6.21. The third-order valence-electron chi connectivity index (χ3n) is 5.08. The number of nitrogens with zero attached hydrogens (tertiary/aromatic N) is 3. The minimum absolute atomic E-state index is 0.0631. The van der Waals surface area contributed by atoms with Crippen molar-refractivity contribution < 1.29 is 13.2 Å². The second-order valence-corrected chi connectivity index (χ2v) is 9.66. The Morgan fingerprint density at radius 1 is 1.31 bits per heavy atom. The summed E-state index contributed by atoms with van der Waals surface area (Å²) < 4.78 is 37.3. The lowest BCUT2D eigenvalue weighted by Gasteiger charge is -2.30. The van der Waals surface area contributed by atoms with Crippen LogP contribution in [0.15, 0.2) is 53.3 Å². The van der Waals surface area contributed by atoms with Gasteiger partial charge < -0.3 is 4.90 Å². The molecule has 0 atom stereocenters. The number of thiophene rings is 1. The van der Waals surface area contributed by atoms with Gasteiger partial charge in [-0.05, 0) is 67.0 Å². The molecule has 0 aromatic carbocycles. The van der Waals surface area contributed by atoms with Crippen LogP contribution in [0.2, 0.25) is 0 Å². The summed E-state index contributed by atoms with van der Waals surface area (Å²) in [5.74, 6) is 0. The van der Waals surface area contributed by atoms with Gasteiger partial charge in [-0.3, -0.25) is 0 Å². The summed E-state index contributed by atoms with van der Waals surface area (Å²) in [6.45, 7) is 14.4. The van der Waals surface area contributed by atoms with Crippen LogP contribution in [0.25, 0.3) is 10.9 Å². The Bertz CT molecular complexity index is 979. The number of alkyl halides is 3. The molecule has 1 aromatic heterocycles. The van der Waals surface area contributed by atoms with Gasteiger partial charge in [-0.25, -0.2) is 10.1 Å². The molecule has 2 rings (SSSR count). The fourth-order valence-corrected chi connectivity index (χ4v) is 4.69. The van der Waals surface area contributed by atoms with Gasteiger partial charge in [0.1, 0.15) is 0 Å². The summed E-state index contributed by atoms with van der Waals surface area (Å²) in [7, 11) is 0. The first-order chi connectivity index (χ1) is 15.0. The lowest BCUT2D eigenvalue weighted by Crippen LogP contribution is -2.24. The minimum Gasteiger partial charge on any atom is -0.364 e. The normalized spacial score (nSPS) is 17.8. The Balaban J connectivity index is 2.12. The van der Waals surface area contributed by atoms with Crippen molar-refractivity contribution in [1.29, 1.82) is 5.26 Å². The average Bonchev–Trinajstić information content (AvgIpc) is 3.17. The highest BCUT2D eigenvalue weighted by Crippen LogP contribution is 2.39. The second-order valence-electron chi connectivity index (χ2n) is 8.56. The van der Waals surface area contributed by atoms with Crippen LogP contribution >= 0.6 is 11.3 Å². The van der Waals surface area contributed by atoms with Gasteiger partial charge in [0.25, 0.3) is 5.70 Å². The quantitative estimate of drug-likeness (QED) is 0.292. The Morgan fingerprint density at radius 3 is 2.69 bits per heavy atom. The van der Waals surface area contributed by atoms with Crippen molar-refractivity contribution >= 4 is 22.4 Å². The summed E-state index contributed by atoms with van der Waals surface area (Å²) in [6, 6.07) is 5.83. The summed E-state index contributed by atoms with van der Waals surface area (Å²) in [5.41, 5.74) is 2.37. The molecule has 1 aliphatic carbocycles. The topological polar surface area (TPSA) is 31.4 Å². The highest BCUT2D eigenvalue weighted by atomic mass is 32.1. The SMILES string of the molecule is [C-]#[N+]/C(C#N)=C\C=C1C=C(/C=C/c2ccc(N(CC)CCCC(F)(F)F)s2)CC(C)(C)C\1. The molecule has 3 nitrogen and oxygen atoms in total. The first-order valence-electron chi connectivity index (χ1n) is 10.5. The molecule has 32 heavy (non-hydrogen) atoms. The molecule has 1 aliphatic rings. The van der Waals surface area contributed by atoms with Crippen molar-refractivity contribution in [2.45, 2.75) is 52.6 Å². The maximum Gasteiger partial charge on any atom is 0.389 e. The van der Waals surface area contributed by atoms with Crippen LogP contribution in [-0.4, -0.2) is 19.3 Å². The van der Waals surface area contributed by atoms with Crippen molar-refractivity contribution in [2.75, 3.05) is 18.0 Å². The molecule has 0 saturated carbocycles. The molecule has 7 heteroatoms. The molecule has 0 bridgehead atoms. The molecule has 0 N–H and O–H groups in total. The molecular weight excluding hydrogens is 431 g/mol. The van der Waals surface area contributed by atoms with E-state index in [1.807, 2.05) is 42.2 Å². The van der Waals surface area contributed by atoms with Crippen LogP contribution < -0.4 is 4.90 Å². The van der Waals surface area contributed by atoms with Gasteiger partial charge in [0.15, 0.2) is 0 Å². The maximum absolute atomic E-state index is 12.4. The third-order valence-corrected chi connectivity index (χ3v) is 6.19. The van der Waals surface area contributed by atoms with Crippen molar-refractivity contribution in [1.82, 2.24) is 0 Å². The predicted molar refractivity (Wildman–Crippen MR) is 126 cm³/mol. The molecule has 1 aromatic rings. The van der Waals surface area contributed by atoms with Crippen molar-refractivity contribution in [3.05, 3.63) is 69.6 Å². The molecular formula is C25H28F3N3S. The van der Waals surface area contributed by atoms with Gasteiger partial charge in [-0.1, -0.05) is 32.1 Å². The highest BCUT2D eigenvalue weighted by molar-refractivity contribution is 7.16. The molecule has 0 fully saturated rings. The first-order valence-corrected chi connectivity index (χ1v) is 11.4. The van der Waals surface area contributed by atoms with E-state index in [0.29, 0.717) is 13.1 Å². The molecule has 1 heterocycles. The van der Waals surface area contributed by atoms with Crippen LogP contribution in [0.1, 0.15) is 51.3 Å². The van der Waals surface area contributed by atoms with E-state index < -0.39 is 12.6 Å². The Kier molecular flexibility index (Phi) is 8.92. The van der Waals surface area contributed by atoms with E-state index in [9.17, 15) is 13.2 Å². The second kappa shape index (κ2) is 11.2. The summed E-state index contributed by atoms with van der Waals surface area (Å²) in [5, 5.41) is 9.90. The van der Waals surface area contributed by atoms with E-state index in [-0.39, 0.29) is 17.5 Å². The predicted octanol–water partition coefficient (Wildman–Crippen LogP) is 7.93. The fraction of sp³-hybridized carbons (Fsp3) is 0.440. The number of nitriles is 1. The number of anilines is 1. The van der Waals surface area contributed by atoms with E-state index in [4.69, 9.17) is 11.8 Å². The zero-order valence-corrected chi connectivity index (χ0v) is 19.5. The minimum atomic E-state index is -4.11. The van der Waals surface area contributed by atoms with Gasteiger partial charge >= 0.3 is 6.18 Å².